The van der Waals surface area contributed by atoms with Gasteiger partial charge in [-0.3, -0.25) is 14.2 Å². The van der Waals surface area contributed by atoms with E-state index in [2.05, 4.69) is 10.4 Å². The summed E-state index contributed by atoms with van der Waals surface area (Å²) in [6.45, 7) is 2.83. The van der Waals surface area contributed by atoms with E-state index in [1.807, 2.05) is 6.07 Å². The number of anilines is 1. The van der Waals surface area contributed by atoms with Crippen molar-refractivity contribution in [1.29, 1.82) is 5.26 Å². The summed E-state index contributed by atoms with van der Waals surface area (Å²) in [6.07, 6.45) is 0. The summed E-state index contributed by atoms with van der Waals surface area (Å²) >= 11 is 0. The monoisotopic (exact) mass is 459 g/mol. The first-order valence-corrected chi connectivity index (χ1v) is 10.1. The first kappa shape index (κ1) is 22.4. The Morgan fingerprint density at radius 2 is 1.85 bits per heavy atom. The molecule has 0 fully saturated rings. The third-order valence-corrected chi connectivity index (χ3v) is 5.51. The molecule has 0 aliphatic carbocycles. The van der Waals surface area contributed by atoms with Crippen LogP contribution in [0.25, 0.3) is 16.5 Å². The van der Waals surface area contributed by atoms with E-state index in [0.29, 0.717) is 16.9 Å². The predicted molar refractivity (Wildman–Crippen MR) is 122 cm³/mol. The predicted octanol–water partition coefficient (Wildman–Crippen LogP) is 3.15. The highest BCUT2D eigenvalue weighted by Gasteiger charge is 2.22. The first-order valence-electron chi connectivity index (χ1n) is 10.1. The zero-order valence-electron chi connectivity index (χ0n) is 18.2. The van der Waals surface area contributed by atoms with Gasteiger partial charge in [0.25, 0.3) is 5.56 Å². The fourth-order valence-corrected chi connectivity index (χ4v) is 3.81. The number of benzene rings is 2. The molecule has 9 nitrogen and oxygen atoms in total. The number of carboxylic acid groups (broad SMARTS) is 1. The van der Waals surface area contributed by atoms with Crippen LogP contribution in [0.15, 0.2) is 53.3 Å². The van der Waals surface area contributed by atoms with Gasteiger partial charge in [-0.2, -0.15) is 10.4 Å². The number of aromatic nitrogens is 3. The summed E-state index contributed by atoms with van der Waals surface area (Å²) in [7, 11) is 0. The van der Waals surface area contributed by atoms with E-state index in [4.69, 9.17) is 0 Å². The summed E-state index contributed by atoms with van der Waals surface area (Å²) in [5, 5.41) is 25.9. The molecule has 2 N–H and O–H groups in total. The van der Waals surface area contributed by atoms with Crippen molar-refractivity contribution in [1.82, 2.24) is 14.3 Å². The number of nitrogens with zero attached hydrogens (tertiary/aromatic N) is 4. The summed E-state index contributed by atoms with van der Waals surface area (Å²) in [5.41, 5.74) is 0.786. The topological polar surface area (TPSA) is 130 Å². The fraction of sp³-hybridized carbons (Fsp3) is 0.125. The highest BCUT2D eigenvalue weighted by Crippen LogP contribution is 2.30. The molecule has 2 heterocycles. The third kappa shape index (κ3) is 3.80. The van der Waals surface area contributed by atoms with Gasteiger partial charge in [-0.15, -0.1) is 0 Å². The Morgan fingerprint density at radius 1 is 1.15 bits per heavy atom. The molecule has 4 aromatic rings. The molecule has 0 unspecified atom stereocenters. The van der Waals surface area contributed by atoms with Crippen LogP contribution in [0.3, 0.4) is 0 Å². The number of nitriles is 1. The van der Waals surface area contributed by atoms with E-state index in [9.17, 15) is 29.1 Å². The molecule has 0 bridgehead atoms. The molecule has 1 amide bonds. The number of amides is 1. The lowest BCUT2D eigenvalue weighted by Crippen LogP contribution is -2.32. The standard InChI is InChI=1S/C24H18FN5O4/c1-13-14(2)30(16-7-5-6-15(25)10-16)22(19(13)11-26)27-20(31)12-29-23(32)18-9-4-3-8-17(18)21(28-29)24(33)34/h3-10H,12H2,1-2H3,(H,27,31)(H,33,34). The van der Waals surface area contributed by atoms with Crippen LogP contribution in [0.1, 0.15) is 27.3 Å². The molecule has 34 heavy (non-hydrogen) atoms. The maximum atomic E-state index is 13.9. The summed E-state index contributed by atoms with van der Waals surface area (Å²) < 4.78 is 16.2. The molecule has 0 spiro atoms. The summed E-state index contributed by atoms with van der Waals surface area (Å²) in [4.78, 5) is 37.4. The molecular formula is C24H18FN5O4. The van der Waals surface area contributed by atoms with Crippen LogP contribution in [0.4, 0.5) is 10.2 Å². The number of rotatable bonds is 5. The molecule has 170 valence electrons. The Balaban J connectivity index is 1.77. The lowest BCUT2D eigenvalue weighted by molar-refractivity contribution is -0.117. The Bertz CT molecular complexity index is 1580. The van der Waals surface area contributed by atoms with Crippen molar-refractivity contribution in [2.45, 2.75) is 20.4 Å². The Hall–Kier alpha value is -4.78. The molecular weight excluding hydrogens is 441 g/mol. The number of hydrogen-bond acceptors (Lipinski definition) is 5. The minimum atomic E-state index is -1.34. The second kappa shape index (κ2) is 8.63. The lowest BCUT2D eigenvalue weighted by Gasteiger charge is -2.14. The maximum Gasteiger partial charge on any atom is 0.357 e. The van der Waals surface area contributed by atoms with Gasteiger partial charge in [0.15, 0.2) is 5.69 Å². The van der Waals surface area contributed by atoms with Crippen LogP contribution in [-0.2, 0) is 11.3 Å². The Labute approximate surface area is 192 Å². The van der Waals surface area contributed by atoms with Crippen LogP contribution >= 0.6 is 0 Å². The SMILES string of the molecule is Cc1c(C#N)c(NC(=O)Cn2nc(C(=O)O)c3ccccc3c2=O)n(-c2cccc(F)c2)c1C. The minimum absolute atomic E-state index is 0.107. The average Bonchev–Trinajstić information content (AvgIpc) is 3.04. The normalized spacial score (nSPS) is 10.8. The lowest BCUT2D eigenvalue weighted by atomic mass is 10.1. The zero-order chi connectivity index (χ0) is 24.6. The van der Waals surface area contributed by atoms with Crippen molar-refractivity contribution in [3.8, 4) is 11.8 Å². The van der Waals surface area contributed by atoms with Crippen molar-refractivity contribution >= 4 is 28.5 Å². The van der Waals surface area contributed by atoms with Gasteiger partial charge in [0.2, 0.25) is 5.91 Å². The minimum Gasteiger partial charge on any atom is -0.476 e. The van der Waals surface area contributed by atoms with Crippen molar-refractivity contribution in [2.24, 2.45) is 0 Å². The molecule has 0 atom stereocenters. The maximum absolute atomic E-state index is 13.9. The quantitative estimate of drug-likeness (QED) is 0.472. The van der Waals surface area contributed by atoms with Crippen molar-refractivity contribution < 1.29 is 19.1 Å². The number of halogens is 1. The number of nitrogens with one attached hydrogen (secondary N) is 1. The highest BCUT2D eigenvalue weighted by molar-refractivity contribution is 6.01. The highest BCUT2D eigenvalue weighted by atomic mass is 19.1. The van der Waals surface area contributed by atoms with Gasteiger partial charge in [-0.25, -0.2) is 13.9 Å². The number of hydrogen-bond donors (Lipinski definition) is 2. The molecule has 0 saturated heterocycles. The van der Waals surface area contributed by atoms with Gasteiger partial charge in [0, 0.05) is 11.1 Å². The van der Waals surface area contributed by atoms with E-state index >= 15 is 0 Å². The largest absolute Gasteiger partial charge is 0.476 e. The van der Waals surface area contributed by atoms with Crippen molar-refractivity contribution in [3.63, 3.8) is 0 Å². The van der Waals surface area contributed by atoms with Gasteiger partial charge in [-0.05, 0) is 43.7 Å². The van der Waals surface area contributed by atoms with Gasteiger partial charge >= 0.3 is 5.97 Å². The fourth-order valence-electron chi connectivity index (χ4n) is 3.81. The van der Waals surface area contributed by atoms with E-state index in [1.54, 1.807) is 32.0 Å². The molecule has 0 aliphatic heterocycles. The van der Waals surface area contributed by atoms with Crippen LogP contribution in [-0.4, -0.2) is 31.3 Å². The third-order valence-electron chi connectivity index (χ3n) is 5.51. The average molecular weight is 459 g/mol. The van der Waals surface area contributed by atoms with Gasteiger partial charge < -0.3 is 10.4 Å². The smallest absolute Gasteiger partial charge is 0.357 e. The van der Waals surface area contributed by atoms with Crippen LogP contribution < -0.4 is 10.9 Å². The number of carboxylic acids is 1. The van der Waals surface area contributed by atoms with Crippen LogP contribution in [0.2, 0.25) is 0 Å². The summed E-state index contributed by atoms with van der Waals surface area (Å²) in [5.74, 6) is -2.44. The molecule has 0 radical (unpaired) electrons. The van der Waals surface area contributed by atoms with E-state index in [0.717, 1.165) is 4.68 Å². The summed E-state index contributed by atoms with van der Waals surface area (Å²) in [6, 6.07) is 13.8. The molecule has 0 aliphatic rings. The Morgan fingerprint density at radius 3 is 2.50 bits per heavy atom. The molecule has 4 rings (SSSR count). The Kier molecular flexibility index (Phi) is 5.69. The molecule has 0 saturated carbocycles. The number of carbonyl (C=O) groups excluding carboxylic acids is 1. The van der Waals surface area contributed by atoms with Crippen molar-refractivity contribution in [3.05, 3.63) is 87.2 Å². The van der Waals surface area contributed by atoms with Gasteiger partial charge in [0.1, 0.15) is 24.2 Å². The molecule has 2 aromatic heterocycles. The molecule has 2 aromatic carbocycles. The zero-order valence-corrected chi connectivity index (χ0v) is 18.2. The number of carbonyl (C=O) groups is 2. The second-order valence-corrected chi connectivity index (χ2v) is 7.57. The number of fused-ring (bicyclic) bond motifs is 1. The van der Waals surface area contributed by atoms with E-state index in [1.165, 1.54) is 34.9 Å². The van der Waals surface area contributed by atoms with Crippen LogP contribution in [0, 0.1) is 31.0 Å². The van der Waals surface area contributed by atoms with Gasteiger partial charge in [0.05, 0.1) is 16.6 Å². The van der Waals surface area contributed by atoms with Crippen LogP contribution in [0.5, 0.6) is 0 Å². The van der Waals surface area contributed by atoms with E-state index < -0.39 is 29.8 Å². The van der Waals surface area contributed by atoms with Gasteiger partial charge in [-0.1, -0.05) is 24.3 Å². The second-order valence-electron chi connectivity index (χ2n) is 7.57. The number of aromatic carboxylic acids is 1. The van der Waals surface area contributed by atoms with Crippen molar-refractivity contribution in [2.75, 3.05) is 5.32 Å². The van der Waals surface area contributed by atoms with E-state index in [-0.39, 0.29) is 27.8 Å². The molecule has 10 heteroatoms. The first-order chi connectivity index (χ1) is 16.2.